The number of hydrogen-bond acceptors (Lipinski definition) is 5. The van der Waals surface area contributed by atoms with E-state index in [0.717, 1.165) is 59.6 Å². The molecule has 7 nitrogen and oxygen atoms in total. The van der Waals surface area contributed by atoms with Crippen molar-refractivity contribution in [1.29, 1.82) is 0 Å². The lowest BCUT2D eigenvalue weighted by atomic mass is 9.84. The Hall–Kier alpha value is -3.61. The molecule has 0 fully saturated rings. The Morgan fingerprint density at radius 1 is 1.03 bits per heavy atom. The SMILES string of the molecule is CCCCCC(CC(=O)Nc1cc(Cn2c(O)ccc2O)ccc1C(C)(C)C)c1cccc2c1OCCO2. The van der Waals surface area contributed by atoms with Gasteiger partial charge in [0.2, 0.25) is 5.91 Å². The van der Waals surface area contributed by atoms with E-state index < -0.39 is 0 Å². The van der Waals surface area contributed by atoms with Crippen molar-refractivity contribution in [3.8, 4) is 23.3 Å². The van der Waals surface area contributed by atoms with Crippen LogP contribution in [-0.2, 0) is 16.8 Å². The summed E-state index contributed by atoms with van der Waals surface area (Å²) >= 11 is 0. The van der Waals surface area contributed by atoms with E-state index in [1.165, 1.54) is 16.7 Å². The van der Waals surface area contributed by atoms with Crippen molar-refractivity contribution < 1.29 is 24.5 Å². The molecule has 1 aliphatic rings. The molecular formula is C31H40N2O5. The molecule has 0 radical (unpaired) electrons. The Bertz CT molecular complexity index is 1240. The summed E-state index contributed by atoms with van der Waals surface area (Å²) in [5.74, 6) is 1.43. The van der Waals surface area contributed by atoms with Crippen LogP contribution in [0.15, 0.2) is 48.5 Å². The lowest BCUT2D eigenvalue weighted by Gasteiger charge is -2.26. The summed E-state index contributed by atoms with van der Waals surface area (Å²) in [6, 6.07) is 14.8. The van der Waals surface area contributed by atoms with Gasteiger partial charge in [-0.3, -0.25) is 9.36 Å². The first-order chi connectivity index (χ1) is 18.2. The Morgan fingerprint density at radius 2 is 1.76 bits per heavy atom. The van der Waals surface area contributed by atoms with Gasteiger partial charge in [-0.2, -0.15) is 0 Å². The molecule has 3 N–H and O–H groups in total. The molecule has 7 heteroatoms. The second-order valence-corrected chi connectivity index (χ2v) is 11.1. The van der Waals surface area contributed by atoms with Gasteiger partial charge in [-0.25, -0.2) is 0 Å². The smallest absolute Gasteiger partial charge is 0.224 e. The van der Waals surface area contributed by atoms with Crippen LogP contribution in [0.2, 0.25) is 0 Å². The van der Waals surface area contributed by atoms with Gasteiger partial charge in [0.25, 0.3) is 0 Å². The number of fused-ring (bicyclic) bond motifs is 1. The summed E-state index contributed by atoms with van der Waals surface area (Å²) in [5.41, 5.74) is 3.46. The second kappa shape index (κ2) is 11.8. The van der Waals surface area contributed by atoms with Gasteiger partial charge >= 0.3 is 0 Å². The number of hydrogen-bond donors (Lipinski definition) is 3. The number of aromatic hydroxyl groups is 2. The molecule has 1 aliphatic heterocycles. The zero-order chi connectivity index (χ0) is 27.3. The lowest BCUT2D eigenvalue weighted by molar-refractivity contribution is -0.116. The predicted molar refractivity (Wildman–Crippen MR) is 150 cm³/mol. The maximum Gasteiger partial charge on any atom is 0.224 e. The number of carbonyl (C=O) groups is 1. The third kappa shape index (κ3) is 6.44. The first-order valence-corrected chi connectivity index (χ1v) is 13.6. The maximum absolute atomic E-state index is 13.5. The fourth-order valence-corrected chi connectivity index (χ4v) is 5.09. The molecule has 0 aliphatic carbocycles. The summed E-state index contributed by atoms with van der Waals surface area (Å²) in [6.07, 6.45) is 4.47. The highest BCUT2D eigenvalue weighted by Crippen LogP contribution is 2.41. The van der Waals surface area contributed by atoms with E-state index in [2.05, 4.69) is 39.1 Å². The van der Waals surface area contributed by atoms with Crippen molar-refractivity contribution in [3.05, 3.63) is 65.2 Å². The zero-order valence-electron chi connectivity index (χ0n) is 22.9. The summed E-state index contributed by atoms with van der Waals surface area (Å²) in [4.78, 5) is 13.5. The number of aromatic nitrogens is 1. The van der Waals surface area contributed by atoms with Crippen molar-refractivity contribution in [1.82, 2.24) is 4.57 Å². The van der Waals surface area contributed by atoms with Gasteiger partial charge in [0.1, 0.15) is 13.2 Å². The summed E-state index contributed by atoms with van der Waals surface area (Å²) < 4.78 is 13.2. The van der Waals surface area contributed by atoms with E-state index in [9.17, 15) is 15.0 Å². The Labute approximate surface area is 225 Å². The van der Waals surface area contributed by atoms with Crippen molar-refractivity contribution in [2.45, 2.75) is 77.7 Å². The first-order valence-electron chi connectivity index (χ1n) is 13.6. The largest absolute Gasteiger partial charge is 0.494 e. The number of nitrogens with one attached hydrogen (secondary N) is 1. The minimum absolute atomic E-state index is 0.00763. The lowest BCUT2D eigenvalue weighted by Crippen LogP contribution is -2.22. The molecular weight excluding hydrogens is 480 g/mol. The highest BCUT2D eigenvalue weighted by Gasteiger charge is 2.26. The van der Waals surface area contributed by atoms with Gasteiger partial charge in [0.15, 0.2) is 23.3 Å². The van der Waals surface area contributed by atoms with Gasteiger partial charge in [-0.05, 0) is 41.0 Å². The minimum atomic E-state index is -0.191. The molecule has 1 aromatic heterocycles. The van der Waals surface area contributed by atoms with Crippen molar-refractivity contribution in [2.24, 2.45) is 0 Å². The monoisotopic (exact) mass is 520 g/mol. The van der Waals surface area contributed by atoms with Gasteiger partial charge in [-0.15, -0.1) is 0 Å². The molecule has 3 aromatic rings. The average molecular weight is 521 g/mol. The van der Waals surface area contributed by atoms with Crippen LogP contribution in [0, 0.1) is 0 Å². The molecule has 2 aromatic carbocycles. The van der Waals surface area contributed by atoms with Gasteiger partial charge in [0.05, 0.1) is 6.54 Å². The van der Waals surface area contributed by atoms with Crippen molar-refractivity contribution in [2.75, 3.05) is 18.5 Å². The number of amides is 1. The standard InChI is InChI=1S/C31H40N2O5/c1-5-6-7-9-22(23-10-8-11-26-30(23)38-17-16-37-26)19-27(34)32-25-18-21(12-13-24(25)31(2,3)4)20-33-28(35)14-15-29(33)36/h8,10-15,18,22,35-36H,5-7,9,16-17,19-20H2,1-4H3,(H,32,34). The number of unbranched alkanes of at least 4 members (excludes halogenated alkanes) is 2. The molecule has 0 saturated carbocycles. The van der Waals surface area contributed by atoms with Crippen LogP contribution < -0.4 is 14.8 Å². The number of carbonyl (C=O) groups excluding carboxylic acids is 1. The summed E-state index contributed by atoms with van der Waals surface area (Å²) in [7, 11) is 0. The van der Waals surface area contributed by atoms with Crippen LogP contribution in [0.3, 0.4) is 0 Å². The van der Waals surface area contributed by atoms with E-state index in [4.69, 9.17) is 9.47 Å². The molecule has 0 saturated heterocycles. The zero-order valence-corrected chi connectivity index (χ0v) is 22.9. The molecule has 0 bridgehead atoms. The normalized spacial score (nSPS) is 13.8. The van der Waals surface area contributed by atoms with Crippen LogP contribution in [-0.4, -0.2) is 33.9 Å². The average Bonchev–Trinajstić information content (AvgIpc) is 3.19. The minimum Gasteiger partial charge on any atom is -0.494 e. The Balaban J connectivity index is 1.59. The molecule has 2 heterocycles. The number of anilines is 1. The predicted octanol–water partition coefficient (Wildman–Crippen LogP) is 6.71. The molecule has 1 unspecified atom stereocenters. The van der Waals surface area contributed by atoms with Crippen LogP contribution in [0.1, 0.15) is 82.4 Å². The second-order valence-electron chi connectivity index (χ2n) is 11.1. The van der Waals surface area contributed by atoms with Crippen molar-refractivity contribution in [3.63, 3.8) is 0 Å². The highest BCUT2D eigenvalue weighted by molar-refractivity contribution is 5.92. The van der Waals surface area contributed by atoms with Crippen LogP contribution in [0.25, 0.3) is 0 Å². The maximum atomic E-state index is 13.5. The van der Waals surface area contributed by atoms with Crippen LogP contribution in [0.4, 0.5) is 5.69 Å². The molecule has 0 spiro atoms. The van der Waals surface area contributed by atoms with E-state index in [1.54, 1.807) is 0 Å². The third-order valence-corrected chi connectivity index (χ3v) is 7.07. The number of rotatable bonds is 10. The first kappa shape index (κ1) is 27.4. The fraction of sp³-hybridized carbons (Fsp3) is 0.452. The molecule has 204 valence electrons. The number of nitrogens with zero attached hydrogens (tertiary/aromatic N) is 1. The van der Waals surface area contributed by atoms with Crippen LogP contribution in [0.5, 0.6) is 23.3 Å². The summed E-state index contributed by atoms with van der Waals surface area (Å²) in [6.45, 7) is 9.84. The molecule has 38 heavy (non-hydrogen) atoms. The number of ether oxygens (including phenoxy) is 2. The molecule has 4 rings (SSSR count). The van der Waals surface area contributed by atoms with Gasteiger partial charge < -0.3 is 25.0 Å². The van der Waals surface area contributed by atoms with Crippen LogP contribution >= 0.6 is 0 Å². The number of para-hydroxylation sites is 1. The van der Waals surface area contributed by atoms with E-state index in [0.29, 0.717) is 19.6 Å². The number of benzene rings is 2. The van der Waals surface area contributed by atoms with E-state index >= 15 is 0 Å². The fourth-order valence-electron chi connectivity index (χ4n) is 5.09. The summed E-state index contributed by atoms with van der Waals surface area (Å²) in [5, 5.41) is 23.4. The molecule has 1 atom stereocenters. The topological polar surface area (TPSA) is 93.0 Å². The van der Waals surface area contributed by atoms with Gasteiger partial charge in [-0.1, -0.05) is 71.2 Å². The Morgan fingerprint density at radius 3 is 2.47 bits per heavy atom. The Kier molecular flexibility index (Phi) is 8.55. The highest BCUT2D eigenvalue weighted by atomic mass is 16.6. The molecule has 1 amide bonds. The van der Waals surface area contributed by atoms with Crippen molar-refractivity contribution >= 4 is 11.6 Å². The quantitative estimate of drug-likeness (QED) is 0.258. The van der Waals surface area contributed by atoms with E-state index in [-0.39, 0.29) is 35.5 Å². The van der Waals surface area contributed by atoms with Gasteiger partial charge in [0, 0.05) is 29.8 Å². The third-order valence-electron chi connectivity index (χ3n) is 7.07. The van der Waals surface area contributed by atoms with E-state index in [1.807, 2.05) is 30.3 Å².